The Balaban J connectivity index is 1.84. The Morgan fingerprint density at radius 3 is 2.45 bits per heavy atom. The van der Waals surface area contributed by atoms with Crippen molar-refractivity contribution < 1.29 is 19.1 Å². The molecule has 3 rings (SSSR count). The molecular weight excluding hydrogens is 484 g/mol. The van der Waals surface area contributed by atoms with E-state index >= 15 is 0 Å². The number of carbonyl (C=O) groups excluding carboxylic acids is 2. The van der Waals surface area contributed by atoms with Crippen LogP contribution in [-0.4, -0.2) is 18.8 Å². The number of benzene rings is 3. The van der Waals surface area contributed by atoms with Crippen molar-refractivity contribution in [2.75, 3.05) is 12.4 Å². The summed E-state index contributed by atoms with van der Waals surface area (Å²) >= 11 is 3.49. The van der Waals surface area contributed by atoms with Gasteiger partial charge in [-0.3, -0.25) is 9.59 Å². The number of hydrogen-bond donors (Lipinski definition) is 1. The summed E-state index contributed by atoms with van der Waals surface area (Å²) in [4.78, 5) is 24.5. The Kier molecular flexibility index (Phi) is 8.01. The van der Waals surface area contributed by atoms with Crippen LogP contribution in [0.4, 0.5) is 5.69 Å². The Morgan fingerprint density at radius 1 is 1.09 bits per heavy atom. The molecule has 166 valence electrons. The van der Waals surface area contributed by atoms with Gasteiger partial charge < -0.3 is 14.8 Å². The first-order valence-corrected chi connectivity index (χ1v) is 10.8. The van der Waals surface area contributed by atoms with Crippen LogP contribution in [0.1, 0.15) is 28.4 Å². The number of amides is 1. The van der Waals surface area contributed by atoms with E-state index in [9.17, 15) is 14.9 Å². The predicted molar refractivity (Wildman–Crippen MR) is 130 cm³/mol. The average molecular weight is 505 g/mol. The Labute approximate surface area is 200 Å². The highest BCUT2D eigenvalue weighted by Crippen LogP contribution is 2.37. The van der Waals surface area contributed by atoms with Gasteiger partial charge in [0, 0.05) is 5.56 Å². The van der Waals surface area contributed by atoms with Crippen molar-refractivity contribution in [1.29, 1.82) is 5.26 Å². The number of hydrogen-bond acceptors (Lipinski definition) is 5. The lowest BCUT2D eigenvalue weighted by atomic mass is 10.1. The van der Waals surface area contributed by atoms with Crippen LogP contribution in [0.3, 0.4) is 0 Å². The molecule has 0 fully saturated rings. The number of nitrogens with zero attached hydrogens (tertiary/aromatic N) is 1. The van der Waals surface area contributed by atoms with Crippen LogP contribution in [-0.2, 0) is 11.4 Å². The second-order valence-corrected chi connectivity index (χ2v) is 7.89. The molecule has 6 nitrogen and oxygen atoms in total. The van der Waals surface area contributed by atoms with Crippen LogP contribution in [0.2, 0.25) is 0 Å². The summed E-state index contributed by atoms with van der Waals surface area (Å²) in [5.41, 5.74) is 2.16. The molecule has 0 aliphatic carbocycles. The van der Waals surface area contributed by atoms with Crippen molar-refractivity contribution in [1.82, 2.24) is 0 Å². The number of ether oxygens (including phenoxy) is 2. The molecule has 0 saturated carbocycles. The summed E-state index contributed by atoms with van der Waals surface area (Å²) in [6.07, 6.45) is 1.44. The zero-order valence-corrected chi connectivity index (χ0v) is 19.7. The third-order valence-corrected chi connectivity index (χ3v) is 5.30. The first kappa shape index (κ1) is 23.8. The Hall–Kier alpha value is -3.89. The highest BCUT2D eigenvalue weighted by atomic mass is 79.9. The van der Waals surface area contributed by atoms with Crippen molar-refractivity contribution >= 4 is 39.4 Å². The van der Waals surface area contributed by atoms with E-state index in [1.807, 2.05) is 36.4 Å². The molecule has 0 unspecified atom stereocenters. The topological polar surface area (TPSA) is 88.4 Å². The van der Waals surface area contributed by atoms with Crippen molar-refractivity contribution in [3.05, 3.63) is 93.5 Å². The summed E-state index contributed by atoms with van der Waals surface area (Å²) < 4.78 is 12.0. The molecule has 7 heteroatoms. The highest BCUT2D eigenvalue weighted by Gasteiger charge is 2.16. The maximum atomic E-state index is 12.7. The molecule has 0 saturated heterocycles. The lowest BCUT2D eigenvalue weighted by Crippen LogP contribution is -2.15. The second kappa shape index (κ2) is 11.1. The summed E-state index contributed by atoms with van der Waals surface area (Å²) in [5.74, 6) is 0.155. The van der Waals surface area contributed by atoms with Crippen LogP contribution >= 0.6 is 15.9 Å². The van der Waals surface area contributed by atoms with Gasteiger partial charge in [-0.15, -0.1) is 0 Å². The summed E-state index contributed by atoms with van der Waals surface area (Å²) in [6.45, 7) is 1.77. The Bertz CT molecular complexity index is 1250. The molecule has 0 aliphatic heterocycles. The molecule has 33 heavy (non-hydrogen) atoms. The van der Waals surface area contributed by atoms with Gasteiger partial charge in [0.15, 0.2) is 17.3 Å². The molecule has 0 aromatic heterocycles. The fraction of sp³-hybridized carbons (Fsp3) is 0.115. The van der Waals surface area contributed by atoms with Crippen molar-refractivity contribution in [3.63, 3.8) is 0 Å². The van der Waals surface area contributed by atoms with E-state index in [-0.39, 0.29) is 11.4 Å². The van der Waals surface area contributed by atoms with Crippen LogP contribution in [0, 0.1) is 11.3 Å². The molecule has 0 bridgehead atoms. The van der Waals surface area contributed by atoms with E-state index in [2.05, 4.69) is 21.2 Å². The van der Waals surface area contributed by atoms with Gasteiger partial charge in [0.05, 0.1) is 17.3 Å². The number of methoxy groups -OCH3 is 1. The number of carbonyl (C=O) groups is 2. The Morgan fingerprint density at radius 2 is 1.79 bits per heavy atom. The molecule has 0 radical (unpaired) electrons. The van der Waals surface area contributed by atoms with Crippen LogP contribution in [0.5, 0.6) is 11.5 Å². The first-order valence-electron chi connectivity index (χ1n) is 10.00. The van der Waals surface area contributed by atoms with Gasteiger partial charge in [0.2, 0.25) is 0 Å². The van der Waals surface area contributed by atoms with Crippen molar-refractivity contribution in [2.45, 2.75) is 13.5 Å². The molecule has 3 aromatic carbocycles. The van der Waals surface area contributed by atoms with Crippen molar-refractivity contribution in [3.8, 4) is 17.6 Å². The maximum absolute atomic E-state index is 12.7. The SMILES string of the molecule is COc1cc(/C=C(/C#N)C(=O)Nc2ccccc2C(C)=O)cc(Br)c1OCc1ccccc1. The van der Waals surface area contributed by atoms with Crippen LogP contribution < -0.4 is 14.8 Å². The summed E-state index contributed by atoms with van der Waals surface area (Å²) in [6, 6.07) is 21.7. The van der Waals surface area contributed by atoms with E-state index in [1.54, 1.807) is 36.4 Å². The molecule has 0 spiro atoms. The fourth-order valence-corrected chi connectivity index (χ4v) is 3.67. The number of nitrogens with one attached hydrogen (secondary N) is 1. The molecule has 0 aliphatic rings. The molecule has 0 heterocycles. The van der Waals surface area contributed by atoms with Gasteiger partial charge in [0.1, 0.15) is 18.2 Å². The van der Waals surface area contributed by atoms with Crippen LogP contribution in [0.25, 0.3) is 6.08 Å². The number of nitriles is 1. The number of halogens is 1. The number of anilines is 1. The van der Waals surface area contributed by atoms with Crippen molar-refractivity contribution in [2.24, 2.45) is 0 Å². The van der Waals surface area contributed by atoms with Crippen LogP contribution in [0.15, 0.2) is 76.8 Å². The summed E-state index contributed by atoms with van der Waals surface area (Å²) in [5, 5.41) is 12.2. The summed E-state index contributed by atoms with van der Waals surface area (Å²) in [7, 11) is 1.52. The van der Waals surface area contributed by atoms with Gasteiger partial charge in [-0.2, -0.15) is 5.26 Å². The standard InChI is InChI=1S/C26H21BrN2O4/c1-17(30)21-10-6-7-11-23(21)29-26(31)20(15-28)12-19-13-22(27)25(24(14-19)32-2)33-16-18-8-4-3-5-9-18/h3-14H,16H2,1-2H3,(H,29,31)/b20-12-. The molecular formula is C26H21BrN2O4. The zero-order chi connectivity index (χ0) is 23.8. The fourth-order valence-electron chi connectivity index (χ4n) is 3.10. The number of Topliss-reactive ketones (excluding diaryl/α,β-unsaturated/α-hetero) is 1. The predicted octanol–water partition coefficient (Wildman–Crippen LogP) is 5.78. The van der Waals surface area contributed by atoms with Gasteiger partial charge in [-0.05, 0) is 64.3 Å². The molecule has 3 aromatic rings. The second-order valence-electron chi connectivity index (χ2n) is 7.03. The third kappa shape index (κ3) is 6.09. The maximum Gasteiger partial charge on any atom is 0.266 e. The number of rotatable bonds is 8. The molecule has 1 amide bonds. The van der Waals surface area contributed by atoms with E-state index in [0.29, 0.717) is 39.4 Å². The third-order valence-electron chi connectivity index (χ3n) is 4.71. The lowest BCUT2D eigenvalue weighted by molar-refractivity contribution is -0.112. The van der Waals surface area contributed by atoms with Gasteiger partial charge >= 0.3 is 0 Å². The molecule has 0 atom stereocenters. The quantitative estimate of drug-likeness (QED) is 0.238. The minimum absolute atomic E-state index is 0.125. The number of para-hydroxylation sites is 1. The minimum atomic E-state index is -0.620. The highest BCUT2D eigenvalue weighted by molar-refractivity contribution is 9.10. The van der Waals surface area contributed by atoms with Gasteiger partial charge in [-0.25, -0.2) is 0 Å². The van der Waals surface area contributed by atoms with Gasteiger partial charge in [-0.1, -0.05) is 42.5 Å². The smallest absolute Gasteiger partial charge is 0.266 e. The largest absolute Gasteiger partial charge is 0.493 e. The van der Waals surface area contributed by atoms with E-state index in [1.165, 1.54) is 20.1 Å². The number of ketones is 1. The molecule has 1 N–H and O–H groups in total. The lowest BCUT2D eigenvalue weighted by Gasteiger charge is -2.14. The van der Waals surface area contributed by atoms with E-state index in [0.717, 1.165) is 5.56 Å². The van der Waals surface area contributed by atoms with E-state index < -0.39 is 5.91 Å². The minimum Gasteiger partial charge on any atom is -0.493 e. The normalized spacial score (nSPS) is 10.8. The van der Waals surface area contributed by atoms with E-state index in [4.69, 9.17) is 9.47 Å². The zero-order valence-electron chi connectivity index (χ0n) is 18.1. The first-order chi connectivity index (χ1) is 15.9. The monoisotopic (exact) mass is 504 g/mol. The van der Waals surface area contributed by atoms with Gasteiger partial charge in [0.25, 0.3) is 5.91 Å². The average Bonchev–Trinajstić information content (AvgIpc) is 2.82.